The lowest BCUT2D eigenvalue weighted by molar-refractivity contribution is -0.137. The number of thiazole rings is 1. The fourth-order valence-corrected chi connectivity index (χ4v) is 2.79. The van der Waals surface area contributed by atoms with E-state index in [4.69, 9.17) is 9.84 Å². The maximum Gasteiger partial charge on any atom is 0.323 e. The van der Waals surface area contributed by atoms with Crippen LogP contribution in [0.15, 0.2) is 23.6 Å². The molecule has 1 aromatic heterocycles. The average Bonchev–Trinajstić information content (AvgIpc) is 2.88. The number of fused-ring (bicyclic) bond motifs is 1. The summed E-state index contributed by atoms with van der Waals surface area (Å²) in [5, 5.41) is 11.8. The van der Waals surface area contributed by atoms with Gasteiger partial charge in [0, 0.05) is 10.9 Å². The molecule has 21 heavy (non-hydrogen) atoms. The molecule has 0 bridgehead atoms. The molecule has 108 valence electrons. The van der Waals surface area contributed by atoms with Crippen LogP contribution in [0.4, 0.5) is 5.69 Å². The number of amides is 1. The van der Waals surface area contributed by atoms with E-state index in [0.29, 0.717) is 11.4 Å². The van der Waals surface area contributed by atoms with E-state index < -0.39 is 5.97 Å². The second kappa shape index (κ2) is 5.17. The summed E-state index contributed by atoms with van der Waals surface area (Å²) in [4.78, 5) is 28.4. The van der Waals surface area contributed by atoms with E-state index in [1.54, 1.807) is 12.1 Å². The number of carboxylic acid groups (broad SMARTS) is 1. The van der Waals surface area contributed by atoms with Crippen molar-refractivity contribution in [1.29, 1.82) is 0 Å². The molecule has 1 aromatic carbocycles. The van der Waals surface area contributed by atoms with Gasteiger partial charge in [-0.2, -0.15) is 0 Å². The Bertz CT molecular complexity index is 726. The van der Waals surface area contributed by atoms with E-state index in [0.717, 1.165) is 16.3 Å². The van der Waals surface area contributed by atoms with E-state index in [2.05, 4.69) is 4.98 Å². The van der Waals surface area contributed by atoms with Crippen LogP contribution < -0.4 is 9.64 Å². The van der Waals surface area contributed by atoms with Gasteiger partial charge in [0.05, 0.1) is 16.4 Å². The number of carbonyl (C=O) groups is 2. The maximum absolute atomic E-state index is 11.9. The summed E-state index contributed by atoms with van der Waals surface area (Å²) in [6.07, 6.45) is 0. The highest BCUT2D eigenvalue weighted by Crippen LogP contribution is 2.36. The lowest BCUT2D eigenvalue weighted by Crippen LogP contribution is -2.41. The molecule has 0 radical (unpaired) electrons. The SMILES string of the molecule is Cc1nc(-c2ccc3c(c2)N(CC(=O)O)C(=O)CO3)cs1. The summed E-state index contributed by atoms with van der Waals surface area (Å²) < 4.78 is 5.34. The summed E-state index contributed by atoms with van der Waals surface area (Å²) in [5.41, 5.74) is 2.09. The summed E-state index contributed by atoms with van der Waals surface area (Å²) >= 11 is 1.53. The Hall–Kier alpha value is -2.41. The second-order valence-corrected chi connectivity index (χ2v) is 5.66. The highest BCUT2D eigenvalue weighted by atomic mass is 32.1. The van der Waals surface area contributed by atoms with Gasteiger partial charge in [-0.05, 0) is 25.1 Å². The number of carboxylic acids is 1. The van der Waals surface area contributed by atoms with Crippen LogP contribution in [0.5, 0.6) is 5.75 Å². The minimum Gasteiger partial charge on any atom is -0.482 e. The molecule has 0 saturated heterocycles. The highest BCUT2D eigenvalue weighted by molar-refractivity contribution is 7.09. The maximum atomic E-state index is 11.9. The van der Waals surface area contributed by atoms with E-state index in [9.17, 15) is 9.59 Å². The lowest BCUT2D eigenvalue weighted by atomic mass is 10.1. The first-order valence-electron chi connectivity index (χ1n) is 6.26. The first-order chi connectivity index (χ1) is 10.0. The molecule has 1 amide bonds. The number of hydrogen-bond acceptors (Lipinski definition) is 5. The monoisotopic (exact) mass is 304 g/mol. The molecule has 6 nitrogen and oxygen atoms in total. The van der Waals surface area contributed by atoms with Crippen LogP contribution in [0.2, 0.25) is 0 Å². The van der Waals surface area contributed by atoms with Gasteiger partial charge in [0.15, 0.2) is 6.61 Å². The molecule has 0 spiro atoms. The summed E-state index contributed by atoms with van der Waals surface area (Å²) in [5.74, 6) is -0.922. The Balaban J connectivity index is 2.04. The Morgan fingerprint density at radius 3 is 3.00 bits per heavy atom. The van der Waals surface area contributed by atoms with Crippen molar-refractivity contribution in [3.63, 3.8) is 0 Å². The average molecular weight is 304 g/mol. The molecule has 3 rings (SSSR count). The van der Waals surface area contributed by atoms with Gasteiger partial charge in [0.1, 0.15) is 12.3 Å². The van der Waals surface area contributed by atoms with Crippen LogP contribution in [0.3, 0.4) is 0 Å². The number of rotatable bonds is 3. The van der Waals surface area contributed by atoms with Crippen molar-refractivity contribution in [2.75, 3.05) is 18.1 Å². The normalized spacial score (nSPS) is 13.8. The minimum absolute atomic E-state index is 0.143. The summed E-state index contributed by atoms with van der Waals surface area (Å²) in [7, 11) is 0. The van der Waals surface area contributed by atoms with Crippen molar-refractivity contribution in [1.82, 2.24) is 4.98 Å². The number of carbonyl (C=O) groups excluding carboxylic acids is 1. The third kappa shape index (κ3) is 2.59. The molecular formula is C14H12N2O4S. The number of aromatic nitrogens is 1. The first kappa shape index (κ1) is 13.6. The van der Waals surface area contributed by atoms with Crippen molar-refractivity contribution in [2.45, 2.75) is 6.92 Å². The first-order valence-corrected chi connectivity index (χ1v) is 7.14. The Labute approximate surface area is 124 Å². The number of benzene rings is 1. The lowest BCUT2D eigenvalue weighted by Gasteiger charge is -2.28. The zero-order valence-electron chi connectivity index (χ0n) is 11.2. The summed E-state index contributed by atoms with van der Waals surface area (Å²) in [6, 6.07) is 5.33. The van der Waals surface area contributed by atoms with Crippen molar-refractivity contribution in [2.24, 2.45) is 0 Å². The van der Waals surface area contributed by atoms with Crippen LogP contribution in [-0.2, 0) is 9.59 Å². The van der Waals surface area contributed by atoms with Gasteiger partial charge in [-0.3, -0.25) is 14.5 Å². The minimum atomic E-state index is -1.06. The van der Waals surface area contributed by atoms with Crippen LogP contribution in [0, 0.1) is 6.92 Å². The molecule has 1 N–H and O–H groups in total. The molecular weight excluding hydrogens is 292 g/mol. The number of nitrogens with zero attached hydrogens (tertiary/aromatic N) is 2. The number of hydrogen-bond donors (Lipinski definition) is 1. The van der Waals surface area contributed by atoms with Gasteiger partial charge in [0.25, 0.3) is 5.91 Å². The largest absolute Gasteiger partial charge is 0.482 e. The highest BCUT2D eigenvalue weighted by Gasteiger charge is 2.27. The van der Waals surface area contributed by atoms with E-state index in [-0.39, 0.29) is 19.1 Å². The van der Waals surface area contributed by atoms with E-state index in [1.807, 2.05) is 18.4 Å². The number of anilines is 1. The zero-order valence-corrected chi connectivity index (χ0v) is 12.0. The smallest absolute Gasteiger partial charge is 0.323 e. The van der Waals surface area contributed by atoms with Gasteiger partial charge in [-0.1, -0.05) is 0 Å². The van der Waals surface area contributed by atoms with Gasteiger partial charge in [-0.25, -0.2) is 4.98 Å². The fraction of sp³-hybridized carbons (Fsp3) is 0.214. The van der Waals surface area contributed by atoms with Gasteiger partial charge in [0.2, 0.25) is 0 Å². The predicted octanol–water partition coefficient (Wildman–Crippen LogP) is 1.93. The number of ether oxygens (including phenoxy) is 1. The fourth-order valence-electron chi connectivity index (χ4n) is 2.17. The molecule has 2 heterocycles. The van der Waals surface area contributed by atoms with Gasteiger partial charge in [-0.15, -0.1) is 11.3 Å². The Morgan fingerprint density at radius 1 is 1.52 bits per heavy atom. The van der Waals surface area contributed by atoms with Crippen molar-refractivity contribution in [3.05, 3.63) is 28.6 Å². The molecule has 0 aliphatic carbocycles. The van der Waals surface area contributed by atoms with Gasteiger partial charge < -0.3 is 9.84 Å². The predicted molar refractivity (Wildman–Crippen MR) is 77.8 cm³/mol. The third-order valence-electron chi connectivity index (χ3n) is 3.11. The standard InChI is InChI=1S/C14H12N2O4S/c1-8-15-10(7-21-8)9-2-3-12-11(4-9)16(5-14(18)19)13(17)6-20-12/h2-4,7H,5-6H2,1H3,(H,18,19). The quantitative estimate of drug-likeness (QED) is 0.937. The number of aliphatic carboxylic acids is 1. The second-order valence-electron chi connectivity index (χ2n) is 4.60. The van der Waals surface area contributed by atoms with Crippen LogP contribution in [0.1, 0.15) is 5.01 Å². The molecule has 0 saturated carbocycles. The van der Waals surface area contributed by atoms with Crippen LogP contribution in [0.25, 0.3) is 11.3 Å². The van der Waals surface area contributed by atoms with Gasteiger partial charge >= 0.3 is 5.97 Å². The summed E-state index contributed by atoms with van der Waals surface area (Å²) in [6.45, 7) is 1.39. The molecule has 7 heteroatoms. The van der Waals surface area contributed by atoms with Crippen molar-refractivity contribution in [3.8, 4) is 17.0 Å². The zero-order chi connectivity index (χ0) is 15.0. The molecule has 0 unspecified atom stereocenters. The molecule has 2 aromatic rings. The molecule has 1 aliphatic rings. The molecule has 0 fully saturated rings. The van der Waals surface area contributed by atoms with Crippen LogP contribution in [-0.4, -0.2) is 35.1 Å². The van der Waals surface area contributed by atoms with E-state index >= 15 is 0 Å². The Morgan fingerprint density at radius 2 is 2.33 bits per heavy atom. The van der Waals surface area contributed by atoms with Crippen LogP contribution >= 0.6 is 11.3 Å². The topological polar surface area (TPSA) is 79.7 Å². The molecule has 1 aliphatic heterocycles. The van der Waals surface area contributed by atoms with Crippen molar-refractivity contribution >= 4 is 28.9 Å². The third-order valence-corrected chi connectivity index (χ3v) is 3.88. The molecule has 0 atom stereocenters. The van der Waals surface area contributed by atoms with E-state index in [1.165, 1.54) is 16.2 Å². The van der Waals surface area contributed by atoms with Crippen molar-refractivity contribution < 1.29 is 19.4 Å². The number of aryl methyl sites for hydroxylation is 1. The Kier molecular flexibility index (Phi) is 3.34.